The Morgan fingerprint density at radius 3 is 2.63 bits per heavy atom. The maximum Gasteiger partial charge on any atom is 0.266 e. The summed E-state index contributed by atoms with van der Waals surface area (Å²) in [7, 11) is 0. The normalized spacial score (nSPS) is 11.0. The zero-order valence-corrected chi connectivity index (χ0v) is 16.7. The van der Waals surface area contributed by atoms with E-state index in [2.05, 4.69) is 15.5 Å². The number of amides is 1. The number of aryl methyl sites for hydroxylation is 2. The minimum atomic E-state index is -0.270. The van der Waals surface area contributed by atoms with Crippen LogP contribution in [0.15, 0.2) is 70.2 Å². The largest absolute Gasteiger partial charge is 0.356 e. The summed E-state index contributed by atoms with van der Waals surface area (Å²) < 4.78 is 6.66. The first-order valence-corrected chi connectivity index (χ1v) is 9.84. The predicted octanol–water partition coefficient (Wildman–Crippen LogP) is 3.11. The van der Waals surface area contributed by atoms with Gasteiger partial charge in [0.15, 0.2) is 0 Å². The molecule has 30 heavy (non-hydrogen) atoms. The van der Waals surface area contributed by atoms with E-state index in [1.54, 1.807) is 0 Å². The van der Waals surface area contributed by atoms with E-state index < -0.39 is 0 Å². The van der Waals surface area contributed by atoms with Gasteiger partial charge in [0.25, 0.3) is 11.3 Å². The van der Waals surface area contributed by atoms with Gasteiger partial charge in [-0.25, -0.2) is 4.98 Å². The number of carbonyl (C=O) groups excluding carboxylic acids is 1. The molecule has 0 radical (unpaired) electrons. The molecule has 4 rings (SSSR count). The van der Waals surface area contributed by atoms with Crippen LogP contribution in [0.1, 0.15) is 17.5 Å². The Balaban J connectivity index is 1.43. The zero-order valence-electron chi connectivity index (χ0n) is 16.7. The van der Waals surface area contributed by atoms with E-state index >= 15 is 0 Å². The van der Waals surface area contributed by atoms with Crippen molar-refractivity contribution in [3.05, 3.63) is 82.4 Å². The van der Waals surface area contributed by atoms with Crippen molar-refractivity contribution in [1.29, 1.82) is 0 Å². The summed E-state index contributed by atoms with van der Waals surface area (Å²) in [6.07, 6.45) is 2.35. The lowest BCUT2D eigenvalue weighted by atomic mass is 10.1. The van der Waals surface area contributed by atoms with Crippen LogP contribution < -0.4 is 10.9 Å². The molecule has 0 aliphatic heterocycles. The summed E-state index contributed by atoms with van der Waals surface area (Å²) in [4.78, 5) is 29.3. The highest BCUT2D eigenvalue weighted by Gasteiger charge is 2.17. The zero-order chi connectivity index (χ0) is 20.9. The quantitative estimate of drug-likeness (QED) is 0.513. The molecule has 0 aliphatic rings. The molecule has 0 saturated heterocycles. The number of aromatic nitrogens is 3. The van der Waals surface area contributed by atoms with Crippen molar-refractivity contribution < 1.29 is 9.32 Å². The summed E-state index contributed by atoms with van der Waals surface area (Å²) >= 11 is 0. The number of hydrogen-bond acceptors (Lipinski definition) is 5. The van der Waals surface area contributed by atoms with Crippen molar-refractivity contribution in [2.45, 2.75) is 26.3 Å². The van der Waals surface area contributed by atoms with Crippen molar-refractivity contribution in [3.8, 4) is 11.3 Å². The first-order valence-electron chi connectivity index (χ1n) is 9.84. The van der Waals surface area contributed by atoms with E-state index in [0.29, 0.717) is 17.6 Å². The molecule has 0 bridgehead atoms. The second kappa shape index (κ2) is 8.73. The lowest BCUT2D eigenvalue weighted by Gasteiger charge is -2.07. The first-order chi connectivity index (χ1) is 14.6. The summed E-state index contributed by atoms with van der Waals surface area (Å²) in [5, 5.41) is 7.25. The minimum Gasteiger partial charge on any atom is -0.356 e. The molecule has 0 fully saturated rings. The van der Waals surface area contributed by atoms with Crippen LogP contribution in [-0.2, 0) is 17.8 Å². The van der Waals surface area contributed by atoms with Crippen molar-refractivity contribution in [3.63, 3.8) is 0 Å². The number of carbonyl (C=O) groups is 1. The summed E-state index contributed by atoms with van der Waals surface area (Å²) in [6.45, 7) is 2.78. The van der Waals surface area contributed by atoms with Crippen molar-refractivity contribution in [2.24, 2.45) is 0 Å². The molecular weight excluding hydrogens is 380 g/mol. The average Bonchev–Trinajstić information content (AvgIpc) is 3.19. The highest BCUT2D eigenvalue weighted by atomic mass is 16.5. The van der Waals surface area contributed by atoms with Gasteiger partial charge in [-0.05, 0) is 18.9 Å². The Bertz CT molecular complexity index is 1210. The van der Waals surface area contributed by atoms with Gasteiger partial charge in [0.2, 0.25) is 5.91 Å². The maximum atomic E-state index is 13.0. The fourth-order valence-electron chi connectivity index (χ4n) is 3.25. The van der Waals surface area contributed by atoms with Crippen molar-refractivity contribution in [1.82, 2.24) is 20.0 Å². The molecule has 1 amide bonds. The second-order valence-electron chi connectivity index (χ2n) is 7.16. The van der Waals surface area contributed by atoms with Crippen molar-refractivity contribution >= 4 is 17.0 Å². The van der Waals surface area contributed by atoms with Gasteiger partial charge in [0, 0.05) is 25.1 Å². The predicted molar refractivity (Wildman–Crippen MR) is 114 cm³/mol. The molecule has 0 atom stereocenters. The number of nitrogens with zero attached hydrogens (tertiary/aromatic N) is 3. The molecular formula is C23H22N4O3. The smallest absolute Gasteiger partial charge is 0.266 e. The second-order valence-corrected chi connectivity index (χ2v) is 7.16. The third-order valence-corrected chi connectivity index (χ3v) is 4.95. The van der Waals surface area contributed by atoms with E-state index in [4.69, 9.17) is 4.52 Å². The van der Waals surface area contributed by atoms with Crippen LogP contribution in [0.2, 0.25) is 0 Å². The minimum absolute atomic E-state index is 0.109. The van der Waals surface area contributed by atoms with Crippen LogP contribution in [0.3, 0.4) is 0 Å². The number of nitrogens with one attached hydrogen (secondary N) is 1. The highest BCUT2D eigenvalue weighted by Crippen LogP contribution is 2.24. The number of fused-ring (bicyclic) bond motifs is 1. The molecule has 2 aromatic heterocycles. The fraction of sp³-hybridized carbons (Fsp3) is 0.217. The van der Waals surface area contributed by atoms with Crippen LogP contribution >= 0.6 is 0 Å². The molecule has 7 heteroatoms. The van der Waals surface area contributed by atoms with Gasteiger partial charge in [-0.3, -0.25) is 14.2 Å². The third kappa shape index (κ3) is 4.30. The molecule has 0 unspecified atom stereocenters. The highest BCUT2D eigenvalue weighted by molar-refractivity contribution is 5.88. The molecule has 0 spiro atoms. The number of benzene rings is 2. The van der Waals surface area contributed by atoms with Gasteiger partial charge in [-0.1, -0.05) is 65.3 Å². The van der Waals surface area contributed by atoms with Crippen LogP contribution in [0, 0.1) is 6.92 Å². The Kier molecular flexibility index (Phi) is 5.70. The monoisotopic (exact) mass is 402 g/mol. The van der Waals surface area contributed by atoms with E-state index in [0.717, 1.165) is 17.5 Å². The van der Waals surface area contributed by atoms with Crippen LogP contribution in [0.4, 0.5) is 0 Å². The van der Waals surface area contributed by atoms with Gasteiger partial charge in [-0.2, -0.15) is 0 Å². The van der Waals surface area contributed by atoms with Gasteiger partial charge < -0.3 is 9.84 Å². The van der Waals surface area contributed by atoms with E-state index in [9.17, 15) is 9.59 Å². The third-order valence-electron chi connectivity index (χ3n) is 4.95. The molecule has 7 nitrogen and oxygen atoms in total. The fourth-order valence-corrected chi connectivity index (χ4v) is 3.25. The van der Waals surface area contributed by atoms with E-state index in [1.807, 2.05) is 61.5 Å². The number of hydrogen-bond donors (Lipinski definition) is 1. The molecule has 0 aliphatic carbocycles. The average molecular weight is 402 g/mol. The summed E-state index contributed by atoms with van der Waals surface area (Å²) in [5.74, 6) is -0.109. The Labute approximate surface area is 173 Å². The number of rotatable bonds is 7. The Morgan fingerprint density at radius 1 is 1.10 bits per heavy atom. The standard InChI is InChI=1S/C23H22N4O3/c1-16-7-9-18(10-8-16)21-20-22(30-26-21)25-15-27(23(20)29)14-12-19(28)24-13-11-17-5-3-2-4-6-17/h2-10,15H,11-14H2,1H3,(H,24,28). The molecule has 4 aromatic rings. The lowest BCUT2D eigenvalue weighted by molar-refractivity contribution is -0.121. The Hall–Kier alpha value is -3.74. The first kappa shape index (κ1) is 19.6. The Morgan fingerprint density at radius 2 is 1.87 bits per heavy atom. The summed E-state index contributed by atoms with van der Waals surface area (Å²) in [6, 6.07) is 17.6. The van der Waals surface area contributed by atoms with Crippen LogP contribution in [0.5, 0.6) is 0 Å². The molecule has 2 heterocycles. The lowest BCUT2D eigenvalue weighted by Crippen LogP contribution is -2.29. The van der Waals surface area contributed by atoms with Crippen molar-refractivity contribution in [2.75, 3.05) is 6.54 Å². The SMILES string of the molecule is Cc1ccc(-c2noc3ncn(CCC(=O)NCCc4ccccc4)c(=O)c23)cc1. The van der Waals surface area contributed by atoms with Gasteiger partial charge >= 0.3 is 0 Å². The molecule has 1 N–H and O–H groups in total. The van der Waals surface area contributed by atoms with Gasteiger partial charge in [0.05, 0.1) is 0 Å². The van der Waals surface area contributed by atoms with E-state index in [1.165, 1.54) is 16.5 Å². The topological polar surface area (TPSA) is 90.0 Å². The molecule has 0 saturated carbocycles. The molecule has 2 aromatic carbocycles. The maximum absolute atomic E-state index is 13.0. The van der Waals surface area contributed by atoms with Crippen LogP contribution in [0.25, 0.3) is 22.4 Å². The van der Waals surface area contributed by atoms with E-state index in [-0.39, 0.29) is 30.1 Å². The van der Waals surface area contributed by atoms with Gasteiger partial charge in [0.1, 0.15) is 17.4 Å². The van der Waals surface area contributed by atoms with Crippen LogP contribution in [-0.4, -0.2) is 27.2 Å². The molecule has 152 valence electrons. The van der Waals surface area contributed by atoms with Gasteiger partial charge in [-0.15, -0.1) is 0 Å². The summed E-state index contributed by atoms with van der Waals surface area (Å²) in [5.41, 5.74) is 3.45.